The van der Waals surface area contributed by atoms with Crippen molar-refractivity contribution in [3.05, 3.63) is 29.6 Å². The zero-order chi connectivity index (χ0) is 14.6. The predicted octanol–water partition coefficient (Wildman–Crippen LogP) is 1.64. The highest BCUT2D eigenvalue weighted by atomic mass is 15.2. The summed E-state index contributed by atoms with van der Waals surface area (Å²) in [6, 6.07) is 6.26. The third-order valence-electron chi connectivity index (χ3n) is 4.65. The van der Waals surface area contributed by atoms with Gasteiger partial charge < -0.3 is 10.6 Å². The Morgan fingerprint density at radius 3 is 2.60 bits per heavy atom. The lowest BCUT2D eigenvalue weighted by Gasteiger charge is -2.47. The van der Waals surface area contributed by atoms with Gasteiger partial charge in [0.2, 0.25) is 0 Å². The molecule has 4 heteroatoms. The molecule has 0 saturated carbocycles. The first-order valence-electron chi connectivity index (χ1n) is 7.66. The maximum Gasteiger partial charge on any atom is 0.0547 e. The summed E-state index contributed by atoms with van der Waals surface area (Å²) in [5, 5.41) is 0. The molecule has 0 unspecified atom stereocenters. The van der Waals surface area contributed by atoms with Crippen molar-refractivity contribution in [2.24, 2.45) is 5.73 Å². The molecule has 1 aromatic rings. The smallest absolute Gasteiger partial charge is 0.0547 e. The van der Waals surface area contributed by atoms with Crippen LogP contribution >= 0.6 is 0 Å². The highest BCUT2D eigenvalue weighted by molar-refractivity contribution is 5.11. The van der Waals surface area contributed by atoms with Gasteiger partial charge in [0.25, 0.3) is 0 Å². The van der Waals surface area contributed by atoms with Gasteiger partial charge in [0, 0.05) is 24.3 Å². The standard InChI is InChI=1S/C16H28N4/c1-4-20(12-15-7-5-6-14(2)18-15)16(13-17)8-10-19(3)11-9-16/h5-7H,4,8-13,17H2,1-3H3. The highest BCUT2D eigenvalue weighted by Crippen LogP contribution is 2.28. The number of pyridine rings is 1. The minimum Gasteiger partial charge on any atom is -0.329 e. The third-order valence-corrected chi connectivity index (χ3v) is 4.65. The Kier molecular flexibility index (Phi) is 5.13. The van der Waals surface area contributed by atoms with Gasteiger partial charge in [-0.05, 0) is 58.6 Å². The molecule has 112 valence electrons. The molecule has 0 aromatic carbocycles. The number of hydrogen-bond donors (Lipinski definition) is 1. The normalized spacial score (nSPS) is 19.4. The molecule has 0 amide bonds. The molecular formula is C16H28N4. The molecule has 1 aromatic heterocycles. The van der Waals surface area contributed by atoms with E-state index in [-0.39, 0.29) is 5.54 Å². The van der Waals surface area contributed by atoms with Crippen molar-refractivity contribution < 1.29 is 0 Å². The van der Waals surface area contributed by atoms with E-state index in [1.165, 1.54) is 0 Å². The maximum atomic E-state index is 6.16. The van der Waals surface area contributed by atoms with Crippen molar-refractivity contribution in [1.82, 2.24) is 14.8 Å². The Labute approximate surface area is 123 Å². The van der Waals surface area contributed by atoms with Crippen LogP contribution in [0, 0.1) is 6.92 Å². The zero-order valence-corrected chi connectivity index (χ0v) is 13.1. The Balaban J connectivity index is 2.13. The summed E-state index contributed by atoms with van der Waals surface area (Å²) in [5.41, 5.74) is 8.55. The number of nitrogens with two attached hydrogens (primary N) is 1. The lowest BCUT2D eigenvalue weighted by molar-refractivity contribution is 0.0306. The Bertz CT molecular complexity index is 424. The number of hydrogen-bond acceptors (Lipinski definition) is 4. The molecule has 0 radical (unpaired) electrons. The summed E-state index contributed by atoms with van der Waals surface area (Å²) in [5.74, 6) is 0. The number of aryl methyl sites for hydroxylation is 1. The van der Waals surface area contributed by atoms with Crippen molar-refractivity contribution in [3.8, 4) is 0 Å². The van der Waals surface area contributed by atoms with Crippen LogP contribution in [-0.2, 0) is 6.54 Å². The van der Waals surface area contributed by atoms with Gasteiger partial charge in [-0.15, -0.1) is 0 Å². The minimum atomic E-state index is 0.146. The van der Waals surface area contributed by atoms with Gasteiger partial charge in [-0.1, -0.05) is 13.0 Å². The monoisotopic (exact) mass is 276 g/mol. The Morgan fingerprint density at radius 1 is 1.35 bits per heavy atom. The molecule has 0 aliphatic carbocycles. The summed E-state index contributed by atoms with van der Waals surface area (Å²) < 4.78 is 0. The van der Waals surface area contributed by atoms with Crippen LogP contribution < -0.4 is 5.73 Å². The van der Waals surface area contributed by atoms with Crippen LogP contribution in [0.25, 0.3) is 0 Å². The second-order valence-electron chi connectivity index (χ2n) is 6.02. The molecule has 2 N–H and O–H groups in total. The van der Waals surface area contributed by atoms with Gasteiger partial charge >= 0.3 is 0 Å². The van der Waals surface area contributed by atoms with Crippen molar-refractivity contribution in [1.29, 1.82) is 0 Å². The number of piperidine rings is 1. The van der Waals surface area contributed by atoms with Crippen molar-refractivity contribution in [2.45, 2.75) is 38.8 Å². The predicted molar refractivity (Wildman–Crippen MR) is 83.6 cm³/mol. The number of likely N-dealkylation sites (N-methyl/N-ethyl adjacent to an activating group) is 1. The molecule has 1 saturated heterocycles. The van der Waals surface area contributed by atoms with Crippen LogP contribution in [0.3, 0.4) is 0 Å². The molecule has 4 nitrogen and oxygen atoms in total. The fraction of sp³-hybridized carbons (Fsp3) is 0.688. The molecule has 1 fully saturated rings. The summed E-state index contributed by atoms with van der Waals surface area (Å²) in [6.45, 7) is 9.21. The fourth-order valence-electron chi connectivity index (χ4n) is 3.18. The van der Waals surface area contributed by atoms with Gasteiger partial charge in [0.15, 0.2) is 0 Å². The average Bonchev–Trinajstić information content (AvgIpc) is 2.46. The van der Waals surface area contributed by atoms with Crippen LogP contribution in [0.5, 0.6) is 0 Å². The van der Waals surface area contributed by atoms with Gasteiger partial charge in [-0.3, -0.25) is 9.88 Å². The van der Waals surface area contributed by atoms with E-state index in [9.17, 15) is 0 Å². The molecule has 1 aliphatic heterocycles. The summed E-state index contributed by atoms with van der Waals surface area (Å²) in [4.78, 5) is 9.57. The molecule has 0 spiro atoms. The van der Waals surface area contributed by atoms with E-state index in [2.05, 4.69) is 40.9 Å². The van der Waals surface area contributed by atoms with Crippen LogP contribution in [0.2, 0.25) is 0 Å². The lowest BCUT2D eigenvalue weighted by Crippen LogP contribution is -2.58. The molecule has 2 rings (SSSR count). The topological polar surface area (TPSA) is 45.4 Å². The number of aromatic nitrogens is 1. The van der Waals surface area contributed by atoms with Gasteiger partial charge in [-0.2, -0.15) is 0 Å². The SMILES string of the molecule is CCN(Cc1cccc(C)n1)C1(CN)CCN(C)CC1. The van der Waals surface area contributed by atoms with E-state index >= 15 is 0 Å². The molecule has 0 atom stereocenters. The average molecular weight is 276 g/mol. The fourth-order valence-corrected chi connectivity index (χ4v) is 3.18. The molecule has 0 bridgehead atoms. The van der Waals surface area contributed by atoms with Crippen LogP contribution in [-0.4, -0.2) is 53.5 Å². The van der Waals surface area contributed by atoms with Crippen molar-refractivity contribution >= 4 is 0 Å². The third kappa shape index (κ3) is 3.37. The van der Waals surface area contributed by atoms with E-state index in [1.807, 2.05) is 13.0 Å². The molecular weight excluding hydrogens is 248 g/mol. The number of likely N-dealkylation sites (tertiary alicyclic amines) is 1. The first-order chi connectivity index (χ1) is 9.59. The second kappa shape index (κ2) is 6.66. The Hall–Kier alpha value is -0.970. The van der Waals surface area contributed by atoms with E-state index in [0.29, 0.717) is 0 Å². The summed E-state index contributed by atoms with van der Waals surface area (Å²) >= 11 is 0. The van der Waals surface area contributed by atoms with E-state index < -0.39 is 0 Å². The largest absolute Gasteiger partial charge is 0.329 e. The van der Waals surface area contributed by atoms with Gasteiger partial charge in [-0.25, -0.2) is 0 Å². The quantitative estimate of drug-likeness (QED) is 0.888. The highest BCUT2D eigenvalue weighted by Gasteiger charge is 2.37. The van der Waals surface area contributed by atoms with Crippen LogP contribution in [0.1, 0.15) is 31.2 Å². The first kappa shape index (κ1) is 15.4. The molecule has 1 aliphatic rings. The Morgan fingerprint density at radius 2 is 2.05 bits per heavy atom. The van der Waals surface area contributed by atoms with Crippen LogP contribution in [0.15, 0.2) is 18.2 Å². The zero-order valence-electron chi connectivity index (χ0n) is 13.1. The van der Waals surface area contributed by atoms with E-state index in [1.54, 1.807) is 0 Å². The second-order valence-corrected chi connectivity index (χ2v) is 6.02. The summed E-state index contributed by atoms with van der Waals surface area (Å²) in [7, 11) is 2.19. The first-order valence-corrected chi connectivity index (χ1v) is 7.66. The minimum absolute atomic E-state index is 0.146. The van der Waals surface area contributed by atoms with Gasteiger partial charge in [0.1, 0.15) is 0 Å². The van der Waals surface area contributed by atoms with Crippen molar-refractivity contribution in [3.63, 3.8) is 0 Å². The van der Waals surface area contributed by atoms with E-state index in [0.717, 1.165) is 57.0 Å². The molecule has 20 heavy (non-hydrogen) atoms. The molecule has 2 heterocycles. The number of rotatable bonds is 5. The lowest BCUT2D eigenvalue weighted by atomic mass is 9.85. The van der Waals surface area contributed by atoms with Crippen molar-refractivity contribution in [2.75, 3.05) is 33.2 Å². The maximum absolute atomic E-state index is 6.16. The van der Waals surface area contributed by atoms with Crippen LogP contribution in [0.4, 0.5) is 0 Å². The number of nitrogens with zero attached hydrogens (tertiary/aromatic N) is 3. The summed E-state index contributed by atoms with van der Waals surface area (Å²) in [6.07, 6.45) is 2.30. The van der Waals surface area contributed by atoms with Gasteiger partial charge in [0.05, 0.1) is 5.69 Å². The van der Waals surface area contributed by atoms with E-state index in [4.69, 9.17) is 5.73 Å².